The summed E-state index contributed by atoms with van der Waals surface area (Å²) in [5.74, 6) is 0.757. The fourth-order valence-corrected chi connectivity index (χ4v) is 1.27. The normalized spacial score (nSPS) is 10.5. The highest BCUT2D eigenvalue weighted by Crippen LogP contribution is 2.13. The molecule has 1 aromatic carbocycles. The lowest BCUT2D eigenvalue weighted by Crippen LogP contribution is -1.92. The van der Waals surface area contributed by atoms with E-state index in [1.165, 1.54) is 12.2 Å². The average Bonchev–Trinajstić information content (AvgIpc) is 2.38. The maximum Gasteiger partial charge on any atom is 0.178 e. The van der Waals surface area contributed by atoms with Gasteiger partial charge in [-0.05, 0) is 42.8 Å². The Balaban J connectivity index is 2.59. The van der Waals surface area contributed by atoms with Crippen LogP contribution < -0.4 is 4.74 Å². The van der Waals surface area contributed by atoms with E-state index in [-0.39, 0.29) is 5.78 Å². The second kappa shape index (κ2) is 7.88. The predicted molar refractivity (Wildman–Crippen MR) is 74.5 cm³/mol. The summed E-state index contributed by atoms with van der Waals surface area (Å²) in [6.45, 7) is 5.73. The summed E-state index contributed by atoms with van der Waals surface area (Å²) < 4.78 is 5.41. The van der Waals surface area contributed by atoms with Gasteiger partial charge in [0.2, 0.25) is 0 Å². The highest BCUT2D eigenvalue weighted by molar-refractivity contribution is 6.01. The zero-order valence-corrected chi connectivity index (χ0v) is 10.4. The van der Waals surface area contributed by atoms with Crippen molar-refractivity contribution < 1.29 is 9.53 Å². The molecule has 0 spiro atoms. The Bertz CT molecular complexity index is 486. The molecule has 92 valence electrons. The van der Waals surface area contributed by atoms with E-state index in [9.17, 15) is 4.79 Å². The monoisotopic (exact) mass is 240 g/mol. The van der Waals surface area contributed by atoms with Gasteiger partial charge in [0.1, 0.15) is 12.4 Å². The van der Waals surface area contributed by atoms with Crippen LogP contribution in [0, 0.1) is 0 Å². The van der Waals surface area contributed by atoms with Gasteiger partial charge in [0.25, 0.3) is 0 Å². The Morgan fingerprint density at radius 1 is 1.33 bits per heavy atom. The van der Waals surface area contributed by atoms with Gasteiger partial charge in [-0.15, -0.1) is 5.73 Å². The number of hydrogen-bond acceptors (Lipinski definition) is 2. The van der Waals surface area contributed by atoms with Crippen molar-refractivity contribution >= 4 is 11.9 Å². The average molecular weight is 240 g/mol. The number of ether oxygens (including phenoxy) is 1. The summed E-state index contributed by atoms with van der Waals surface area (Å²) in [6.07, 6.45) is 8.27. The Kier molecular flexibility index (Phi) is 6.02. The van der Waals surface area contributed by atoms with Gasteiger partial charge in [0.05, 0.1) is 0 Å². The highest BCUT2D eigenvalue weighted by atomic mass is 16.5. The third-order valence-electron chi connectivity index (χ3n) is 2.13. The number of carbonyl (C=O) groups is 1. The molecule has 0 unspecified atom stereocenters. The molecule has 0 amide bonds. The maximum absolute atomic E-state index is 11.2. The minimum absolute atomic E-state index is 0.0195. The van der Waals surface area contributed by atoms with E-state index in [1.54, 1.807) is 18.2 Å². The molecule has 0 N–H and O–H groups in total. The zero-order valence-electron chi connectivity index (χ0n) is 10.4. The fraction of sp³-hybridized carbons (Fsp3) is 0.125. The lowest BCUT2D eigenvalue weighted by atomic mass is 10.2. The smallest absolute Gasteiger partial charge is 0.178 e. The van der Waals surface area contributed by atoms with Gasteiger partial charge in [0.15, 0.2) is 5.78 Å². The Morgan fingerprint density at radius 3 is 2.67 bits per heavy atom. The summed E-state index contributed by atoms with van der Waals surface area (Å²) in [4.78, 5) is 11.2. The van der Waals surface area contributed by atoms with Gasteiger partial charge >= 0.3 is 0 Å². The molecular weight excluding hydrogens is 224 g/mol. The summed E-state index contributed by atoms with van der Waals surface area (Å²) >= 11 is 0. The van der Waals surface area contributed by atoms with Crippen LogP contribution in [0.1, 0.15) is 12.5 Å². The number of rotatable bonds is 6. The molecule has 0 aliphatic heterocycles. The van der Waals surface area contributed by atoms with Crippen molar-refractivity contribution in [1.29, 1.82) is 0 Å². The van der Waals surface area contributed by atoms with Crippen LogP contribution in [-0.2, 0) is 4.79 Å². The van der Waals surface area contributed by atoms with Crippen LogP contribution in [-0.4, -0.2) is 12.4 Å². The lowest BCUT2D eigenvalue weighted by molar-refractivity contribution is -0.110. The van der Waals surface area contributed by atoms with Crippen LogP contribution in [0.3, 0.4) is 0 Å². The van der Waals surface area contributed by atoms with Crippen molar-refractivity contribution in [1.82, 2.24) is 0 Å². The summed E-state index contributed by atoms with van der Waals surface area (Å²) in [7, 11) is 0. The molecule has 0 aliphatic carbocycles. The van der Waals surface area contributed by atoms with E-state index >= 15 is 0 Å². The standard InChI is InChI=1S/C16H16O2/c1-3-5-13-18-16-11-8-14(9-12-16)7-10-15(17)6-4-2/h4-12H,1,13H2,2H3/b6-4+,10-7+. The van der Waals surface area contributed by atoms with E-state index in [1.807, 2.05) is 31.2 Å². The number of hydrogen-bond donors (Lipinski definition) is 0. The van der Waals surface area contributed by atoms with Crippen LogP contribution >= 0.6 is 0 Å². The first-order valence-electron chi connectivity index (χ1n) is 5.68. The van der Waals surface area contributed by atoms with E-state index in [4.69, 9.17) is 4.74 Å². The first kappa shape index (κ1) is 13.8. The van der Waals surface area contributed by atoms with Crippen LogP contribution in [0.5, 0.6) is 5.75 Å². The van der Waals surface area contributed by atoms with Crippen molar-refractivity contribution in [2.24, 2.45) is 0 Å². The maximum atomic E-state index is 11.2. The fourth-order valence-electron chi connectivity index (χ4n) is 1.27. The number of allylic oxidation sites excluding steroid dienone is 3. The van der Waals surface area contributed by atoms with E-state index in [0.29, 0.717) is 6.61 Å². The SMILES string of the molecule is C=C=CCOc1ccc(/C=C/C(=O)/C=C/C)cc1. The molecule has 0 aromatic heterocycles. The lowest BCUT2D eigenvalue weighted by Gasteiger charge is -2.02. The number of carbonyl (C=O) groups excluding carboxylic acids is 1. The van der Waals surface area contributed by atoms with Crippen molar-refractivity contribution in [3.05, 3.63) is 66.4 Å². The molecule has 0 atom stereocenters. The topological polar surface area (TPSA) is 26.3 Å². The summed E-state index contributed by atoms with van der Waals surface area (Å²) in [5.41, 5.74) is 3.60. The summed E-state index contributed by atoms with van der Waals surface area (Å²) in [6, 6.07) is 7.51. The molecule has 0 bridgehead atoms. The van der Waals surface area contributed by atoms with Crippen molar-refractivity contribution in [3.8, 4) is 5.75 Å². The molecule has 0 heterocycles. The molecule has 1 aromatic rings. The molecule has 1 rings (SSSR count). The van der Waals surface area contributed by atoms with E-state index < -0.39 is 0 Å². The van der Waals surface area contributed by atoms with Crippen LogP contribution in [0.4, 0.5) is 0 Å². The largest absolute Gasteiger partial charge is 0.489 e. The molecule has 2 heteroatoms. The van der Waals surface area contributed by atoms with Gasteiger partial charge in [-0.3, -0.25) is 4.79 Å². The third-order valence-corrected chi connectivity index (χ3v) is 2.13. The van der Waals surface area contributed by atoms with Crippen LogP contribution in [0.15, 0.2) is 60.9 Å². The molecule has 0 fully saturated rings. The van der Waals surface area contributed by atoms with Gasteiger partial charge in [-0.25, -0.2) is 0 Å². The van der Waals surface area contributed by atoms with Crippen LogP contribution in [0.2, 0.25) is 0 Å². The Labute approximate surface area is 108 Å². The molecule has 0 aliphatic rings. The van der Waals surface area contributed by atoms with Crippen molar-refractivity contribution in [3.63, 3.8) is 0 Å². The van der Waals surface area contributed by atoms with E-state index in [0.717, 1.165) is 11.3 Å². The molecule has 2 nitrogen and oxygen atoms in total. The van der Waals surface area contributed by atoms with E-state index in [2.05, 4.69) is 12.3 Å². The Hall–Kier alpha value is -2.31. The van der Waals surface area contributed by atoms with Gasteiger partial charge in [-0.2, -0.15) is 0 Å². The van der Waals surface area contributed by atoms with Crippen molar-refractivity contribution in [2.75, 3.05) is 6.61 Å². The minimum Gasteiger partial charge on any atom is -0.489 e. The summed E-state index contributed by atoms with van der Waals surface area (Å²) in [5, 5.41) is 0. The van der Waals surface area contributed by atoms with Gasteiger partial charge in [-0.1, -0.05) is 30.9 Å². The highest BCUT2D eigenvalue weighted by Gasteiger charge is 1.93. The number of benzene rings is 1. The molecule has 0 saturated carbocycles. The molecule has 0 saturated heterocycles. The van der Waals surface area contributed by atoms with Crippen molar-refractivity contribution in [2.45, 2.75) is 6.92 Å². The second-order valence-electron chi connectivity index (χ2n) is 3.52. The quantitative estimate of drug-likeness (QED) is 0.561. The van der Waals surface area contributed by atoms with Gasteiger partial charge < -0.3 is 4.74 Å². The zero-order chi connectivity index (χ0) is 13.2. The number of ketones is 1. The molecule has 18 heavy (non-hydrogen) atoms. The van der Waals surface area contributed by atoms with Gasteiger partial charge in [0, 0.05) is 0 Å². The predicted octanol–water partition coefficient (Wildman–Crippen LogP) is 3.56. The second-order valence-corrected chi connectivity index (χ2v) is 3.52. The Morgan fingerprint density at radius 2 is 2.06 bits per heavy atom. The first-order valence-corrected chi connectivity index (χ1v) is 5.68. The first-order chi connectivity index (χ1) is 8.76. The molecular formula is C16H16O2. The van der Waals surface area contributed by atoms with Crippen LogP contribution in [0.25, 0.3) is 6.08 Å². The molecule has 0 radical (unpaired) electrons. The minimum atomic E-state index is -0.0195. The third kappa shape index (κ3) is 5.15.